The Bertz CT molecular complexity index is 439. The Balaban J connectivity index is 3.04. The second-order valence-corrected chi connectivity index (χ2v) is 4.75. The summed E-state index contributed by atoms with van der Waals surface area (Å²) in [6.45, 7) is 1.95. The van der Waals surface area contributed by atoms with Crippen molar-refractivity contribution in [3.8, 4) is 6.07 Å². The van der Waals surface area contributed by atoms with Gasteiger partial charge >= 0.3 is 0 Å². The number of ketones is 1. The number of hydrogen-bond donors (Lipinski definition) is 0. The molecule has 1 atom stereocenters. The van der Waals surface area contributed by atoms with E-state index in [2.05, 4.69) is 15.9 Å². The smallest absolute Gasteiger partial charge is 0.181 e. The largest absolute Gasteiger partial charge is 0.293 e. The van der Waals surface area contributed by atoms with Crippen LogP contribution >= 0.6 is 27.5 Å². The van der Waals surface area contributed by atoms with Crippen molar-refractivity contribution in [2.24, 2.45) is 5.92 Å². The van der Waals surface area contributed by atoms with E-state index >= 15 is 0 Å². The quantitative estimate of drug-likeness (QED) is 0.781. The number of nitrogens with zero attached hydrogens (tertiary/aromatic N) is 1. The van der Waals surface area contributed by atoms with Gasteiger partial charge in [0.15, 0.2) is 5.78 Å². The topological polar surface area (TPSA) is 40.9 Å². The summed E-state index contributed by atoms with van der Waals surface area (Å²) in [7, 11) is 0. The van der Waals surface area contributed by atoms with E-state index in [0.717, 1.165) is 6.42 Å². The molecule has 2 nitrogen and oxygen atoms in total. The summed E-state index contributed by atoms with van der Waals surface area (Å²) in [5, 5.41) is 9.43. The summed E-state index contributed by atoms with van der Waals surface area (Å²) >= 11 is 9.12. The van der Waals surface area contributed by atoms with Crippen LogP contribution in [0.2, 0.25) is 5.02 Å². The summed E-state index contributed by atoms with van der Waals surface area (Å²) in [6.07, 6.45) is 1.39. The van der Waals surface area contributed by atoms with E-state index in [0.29, 0.717) is 21.5 Å². The van der Waals surface area contributed by atoms with Gasteiger partial charge in [-0.1, -0.05) is 40.9 Å². The minimum Gasteiger partial charge on any atom is -0.293 e. The molecule has 1 aromatic rings. The molecule has 0 fully saturated rings. The third-order valence-corrected chi connectivity index (χ3v) is 3.17. The highest BCUT2D eigenvalue weighted by atomic mass is 79.9. The highest BCUT2D eigenvalue weighted by Gasteiger charge is 2.20. The fourth-order valence-corrected chi connectivity index (χ4v) is 2.03. The molecule has 0 saturated carbocycles. The average Bonchev–Trinajstić information content (AvgIpc) is 2.28. The van der Waals surface area contributed by atoms with E-state index in [1.807, 2.05) is 13.0 Å². The maximum Gasteiger partial charge on any atom is 0.181 e. The molecule has 1 unspecified atom stereocenters. The average molecular weight is 301 g/mol. The van der Waals surface area contributed by atoms with Crippen LogP contribution < -0.4 is 0 Å². The van der Waals surface area contributed by atoms with Crippen LogP contribution in [0.3, 0.4) is 0 Å². The van der Waals surface area contributed by atoms with Gasteiger partial charge in [0.25, 0.3) is 0 Å². The first-order valence-corrected chi connectivity index (χ1v) is 6.16. The third kappa shape index (κ3) is 3.07. The Hall–Kier alpha value is -0.850. The molecular formula is C12H11BrClNO. The summed E-state index contributed by atoms with van der Waals surface area (Å²) < 4.78 is 0.679. The summed E-state index contributed by atoms with van der Waals surface area (Å²) in [5.41, 5.74) is 0.479. The fraction of sp³-hybridized carbons (Fsp3) is 0.333. The maximum atomic E-state index is 12.0. The molecule has 0 aliphatic rings. The minimum absolute atomic E-state index is 0.168. The first kappa shape index (κ1) is 13.2. The highest BCUT2D eigenvalue weighted by Crippen LogP contribution is 2.25. The molecule has 4 heteroatoms. The van der Waals surface area contributed by atoms with E-state index < -0.39 is 5.92 Å². The van der Waals surface area contributed by atoms with Crippen LogP contribution in [0, 0.1) is 17.2 Å². The van der Waals surface area contributed by atoms with Crippen LogP contribution in [0.4, 0.5) is 0 Å². The van der Waals surface area contributed by atoms with Crippen molar-refractivity contribution in [1.82, 2.24) is 0 Å². The van der Waals surface area contributed by atoms with Gasteiger partial charge in [0.05, 0.1) is 6.07 Å². The lowest BCUT2D eigenvalue weighted by Crippen LogP contribution is -2.13. The van der Waals surface area contributed by atoms with Gasteiger partial charge in [-0.05, 0) is 24.6 Å². The maximum absolute atomic E-state index is 12.0. The molecule has 84 valence electrons. The minimum atomic E-state index is -0.584. The van der Waals surface area contributed by atoms with E-state index in [9.17, 15) is 4.79 Å². The zero-order chi connectivity index (χ0) is 12.1. The lowest BCUT2D eigenvalue weighted by atomic mass is 9.95. The molecule has 0 spiro atoms. The molecule has 0 aliphatic heterocycles. The number of carbonyl (C=O) groups is 1. The molecule has 0 aliphatic carbocycles. The molecule has 0 radical (unpaired) electrons. The van der Waals surface area contributed by atoms with Gasteiger partial charge < -0.3 is 0 Å². The number of hydrogen-bond acceptors (Lipinski definition) is 2. The summed E-state index contributed by atoms with van der Waals surface area (Å²) in [5.74, 6) is -0.751. The standard InChI is InChI=1S/C12H11BrClNO/c1-2-3-8(7-15)12(16)10-6-9(14)4-5-11(10)13/h4-6,8H,2-3H2,1H3. The Kier molecular flexibility index (Phi) is 4.98. The number of benzene rings is 1. The molecule has 16 heavy (non-hydrogen) atoms. The zero-order valence-corrected chi connectivity index (χ0v) is 11.2. The fourth-order valence-electron chi connectivity index (χ4n) is 1.42. The van der Waals surface area contributed by atoms with Gasteiger partial charge in [0.2, 0.25) is 0 Å². The Morgan fingerprint density at radius 3 is 2.88 bits per heavy atom. The van der Waals surface area contributed by atoms with Crippen molar-refractivity contribution in [3.63, 3.8) is 0 Å². The van der Waals surface area contributed by atoms with E-state index in [-0.39, 0.29) is 5.78 Å². The second-order valence-electron chi connectivity index (χ2n) is 3.46. The molecule has 1 aromatic carbocycles. The second kappa shape index (κ2) is 6.03. The Labute approximate surface area is 108 Å². The van der Waals surface area contributed by atoms with Crippen LogP contribution in [0.15, 0.2) is 22.7 Å². The molecule has 0 amide bonds. The normalized spacial score (nSPS) is 11.9. The SMILES string of the molecule is CCCC(C#N)C(=O)c1cc(Cl)ccc1Br. The Morgan fingerprint density at radius 2 is 2.31 bits per heavy atom. The molecule has 0 saturated heterocycles. The van der Waals surface area contributed by atoms with Crippen molar-refractivity contribution in [3.05, 3.63) is 33.3 Å². The number of carbonyl (C=O) groups excluding carboxylic acids is 1. The zero-order valence-electron chi connectivity index (χ0n) is 8.84. The van der Waals surface area contributed by atoms with Crippen molar-refractivity contribution in [2.75, 3.05) is 0 Å². The van der Waals surface area contributed by atoms with Crippen molar-refractivity contribution < 1.29 is 4.79 Å². The highest BCUT2D eigenvalue weighted by molar-refractivity contribution is 9.10. The van der Waals surface area contributed by atoms with E-state index in [4.69, 9.17) is 16.9 Å². The first-order valence-electron chi connectivity index (χ1n) is 4.99. The number of Topliss-reactive ketones (excluding diaryl/α,β-unsaturated/α-hetero) is 1. The molecule has 0 N–H and O–H groups in total. The number of nitriles is 1. The molecular weight excluding hydrogens is 289 g/mol. The number of halogens is 2. The molecule has 0 aromatic heterocycles. The van der Waals surface area contributed by atoms with Crippen LogP contribution in [0.1, 0.15) is 30.1 Å². The monoisotopic (exact) mass is 299 g/mol. The predicted molar refractivity (Wildman–Crippen MR) is 67.5 cm³/mol. The Morgan fingerprint density at radius 1 is 1.62 bits per heavy atom. The summed E-state index contributed by atoms with van der Waals surface area (Å²) in [4.78, 5) is 12.0. The van der Waals surface area contributed by atoms with Crippen LogP contribution in [-0.2, 0) is 0 Å². The summed E-state index contributed by atoms with van der Waals surface area (Å²) in [6, 6.07) is 7.04. The lowest BCUT2D eigenvalue weighted by molar-refractivity contribution is 0.0943. The molecule has 0 heterocycles. The van der Waals surface area contributed by atoms with Gasteiger partial charge in [0, 0.05) is 15.1 Å². The molecule has 0 bridgehead atoms. The lowest BCUT2D eigenvalue weighted by Gasteiger charge is -2.08. The third-order valence-electron chi connectivity index (χ3n) is 2.24. The van der Waals surface area contributed by atoms with Crippen molar-refractivity contribution >= 4 is 33.3 Å². The van der Waals surface area contributed by atoms with Crippen LogP contribution in [0.5, 0.6) is 0 Å². The predicted octanol–water partition coefficient (Wildman–Crippen LogP) is 4.23. The van der Waals surface area contributed by atoms with Crippen molar-refractivity contribution in [2.45, 2.75) is 19.8 Å². The van der Waals surface area contributed by atoms with Gasteiger partial charge in [-0.25, -0.2) is 0 Å². The van der Waals surface area contributed by atoms with Gasteiger partial charge in [-0.3, -0.25) is 4.79 Å². The van der Waals surface area contributed by atoms with E-state index in [1.54, 1.807) is 18.2 Å². The van der Waals surface area contributed by atoms with Gasteiger partial charge in [0.1, 0.15) is 5.92 Å². The van der Waals surface area contributed by atoms with Crippen LogP contribution in [0.25, 0.3) is 0 Å². The number of rotatable bonds is 4. The van der Waals surface area contributed by atoms with Gasteiger partial charge in [-0.2, -0.15) is 5.26 Å². The van der Waals surface area contributed by atoms with E-state index in [1.165, 1.54) is 0 Å². The van der Waals surface area contributed by atoms with Gasteiger partial charge in [-0.15, -0.1) is 0 Å². The first-order chi connectivity index (χ1) is 7.60. The van der Waals surface area contributed by atoms with Crippen LogP contribution in [-0.4, -0.2) is 5.78 Å². The molecule has 1 rings (SSSR count). The van der Waals surface area contributed by atoms with Crippen molar-refractivity contribution in [1.29, 1.82) is 5.26 Å².